The molecule has 0 amide bonds. The Morgan fingerprint density at radius 1 is 1.21 bits per heavy atom. The lowest BCUT2D eigenvalue weighted by atomic mass is 10.1. The molecule has 0 saturated carbocycles. The summed E-state index contributed by atoms with van der Waals surface area (Å²) in [5.41, 5.74) is 2.32. The largest absolute Gasteiger partial charge is 0.491 e. The first kappa shape index (κ1) is 16.5. The highest BCUT2D eigenvalue weighted by Crippen LogP contribution is 2.28. The molecule has 0 heterocycles. The smallest absolute Gasteiger partial charge is 0.126 e. The lowest BCUT2D eigenvalue weighted by Crippen LogP contribution is -2.12. The van der Waals surface area contributed by atoms with Crippen LogP contribution in [0.4, 0.5) is 0 Å². The van der Waals surface area contributed by atoms with E-state index in [1.807, 2.05) is 7.05 Å². The molecule has 0 fully saturated rings. The fourth-order valence-electron chi connectivity index (χ4n) is 1.88. The van der Waals surface area contributed by atoms with Gasteiger partial charge in [-0.2, -0.15) is 0 Å². The van der Waals surface area contributed by atoms with E-state index in [1.165, 1.54) is 12.0 Å². The number of rotatable bonds is 9. The first-order chi connectivity index (χ1) is 9.19. The highest BCUT2D eigenvalue weighted by Gasteiger charge is 2.08. The van der Waals surface area contributed by atoms with Crippen molar-refractivity contribution in [2.45, 2.75) is 33.2 Å². The standard InChI is InChI=1S/C15H24BrNO2/c1-4-5-6-18-7-8-19-15-12(2)9-14(16)10-13(15)11-17-3/h9-10,17H,4-8,11H2,1-3H3. The molecule has 1 rings (SSSR count). The van der Waals surface area contributed by atoms with E-state index in [1.54, 1.807) is 0 Å². The van der Waals surface area contributed by atoms with Gasteiger partial charge in [0.05, 0.1) is 6.61 Å². The summed E-state index contributed by atoms with van der Waals surface area (Å²) in [5, 5.41) is 3.17. The summed E-state index contributed by atoms with van der Waals surface area (Å²) in [6.45, 7) is 7.10. The average Bonchev–Trinajstić information content (AvgIpc) is 2.36. The van der Waals surface area contributed by atoms with Gasteiger partial charge in [-0.25, -0.2) is 0 Å². The van der Waals surface area contributed by atoms with Gasteiger partial charge in [0, 0.05) is 23.2 Å². The second kappa shape index (κ2) is 9.34. The first-order valence-corrected chi connectivity index (χ1v) is 7.62. The van der Waals surface area contributed by atoms with E-state index in [-0.39, 0.29) is 0 Å². The number of hydrogen-bond donors (Lipinski definition) is 1. The molecule has 0 unspecified atom stereocenters. The maximum Gasteiger partial charge on any atom is 0.126 e. The molecule has 0 aliphatic heterocycles. The second-order valence-corrected chi connectivity index (χ2v) is 5.47. The Balaban J connectivity index is 2.51. The van der Waals surface area contributed by atoms with E-state index in [4.69, 9.17) is 9.47 Å². The number of halogens is 1. The Bertz CT molecular complexity index is 383. The molecule has 0 aliphatic rings. The van der Waals surface area contributed by atoms with Crippen molar-refractivity contribution in [3.05, 3.63) is 27.7 Å². The van der Waals surface area contributed by atoms with Gasteiger partial charge < -0.3 is 14.8 Å². The summed E-state index contributed by atoms with van der Waals surface area (Å²) in [5.74, 6) is 0.969. The van der Waals surface area contributed by atoms with Gasteiger partial charge in [0.25, 0.3) is 0 Å². The third kappa shape index (κ3) is 5.93. The molecule has 19 heavy (non-hydrogen) atoms. The third-order valence-corrected chi connectivity index (χ3v) is 3.26. The maximum absolute atomic E-state index is 5.87. The zero-order valence-corrected chi connectivity index (χ0v) is 13.7. The lowest BCUT2D eigenvalue weighted by Gasteiger charge is -2.15. The Hall–Kier alpha value is -0.580. The minimum absolute atomic E-state index is 0.600. The van der Waals surface area contributed by atoms with Crippen molar-refractivity contribution in [2.24, 2.45) is 0 Å². The molecule has 1 aromatic carbocycles. The van der Waals surface area contributed by atoms with Gasteiger partial charge in [-0.3, -0.25) is 0 Å². The minimum Gasteiger partial charge on any atom is -0.491 e. The van der Waals surface area contributed by atoms with Crippen LogP contribution in [-0.4, -0.2) is 26.9 Å². The van der Waals surface area contributed by atoms with E-state index in [0.29, 0.717) is 13.2 Å². The second-order valence-electron chi connectivity index (χ2n) is 4.56. The average molecular weight is 330 g/mol. The number of hydrogen-bond acceptors (Lipinski definition) is 3. The van der Waals surface area contributed by atoms with Crippen LogP contribution in [0.2, 0.25) is 0 Å². The molecule has 0 aromatic heterocycles. The highest BCUT2D eigenvalue weighted by atomic mass is 79.9. The molecule has 108 valence electrons. The molecule has 0 atom stereocenters. The molecule has 4 heteroatoms. The highest BCUT2D eigenvalue weighted by molar-refractivity contribution is 9.10. The van der Waals surface area contributed by atoms with Crippen LogP contribution in [0.1, 0.15) is 30.9 Å². The lowest BCUT2D eigenvalue weighted by molar-refractivity contribution is 0.0975. The molecular weight excluding hydrogens is 306 g/mol. The molecule has 3 nitrogen and oxygen atoms in total. The van der Waals surface area contributed by atoms with Gasteiger partial charge in [0.2, 0.25) is 0 Å². The quantitative estimate of drug-likeness (QED) is 0.701. The van der Waals surface area contributed by atoms with Gasteiger partial charge in [-0.1, -0.05) is 29.3 Å². The molecule has 1 aromatic rings. The van der Waals surface area contributed by atoms with Crippen molar-refractivity contribution in [1.29, 1.82) is 0 Å². The number of unbranched alkanes of at least 4 members (excludes halogenated alkanes) is 1. The molecule has 0 radical (unpaired) electrons. The zero-order valence-electron chi connectivity index (χ0n) is 12.1. The topological polar surface area (TPSA) is 30.5 Å². The normalized spacial score (nSPS) is 10.7. The molecule has 0 bridgehead atoms. The summed E-state index contributed by atoms with van der Waals surface area (Å²) in [7, 11) is 1.94. The molecule has 0 spiro atoms. The van der Waals surface area contributed by atoms with Crippen molar-refractivity contribution in [1.82, 2.24) is 5.32 Å². The van der Waals surface area contributed by atoms with Crippen molar-refractivity contribution in [3.8, 4) is 5.75 Å². The fraction of sp³-hybridized carbons (Fsp3) is 0.600. The summed E-state index contributed by atoms with van der Waals surface area (Å²) in [4.78, 5) is 0. The summed E-state index contributed by atoms with van der Waals surface area (Å²) in [6.07, 6.45) is 2.28. The number of ether oxygens (including phenoxy) is 2. The van der Waals surface area contributed by atoms with Crippen LogP contribution in [0.25, 0.3) is 0 Å². The summed E-state index contributed by atoms with van der Waals surface area (Å²) in [6, 6.07) is 4.17. The Labute approximate surface area is 124 Å². The van der Waals surface area contributed by atoms with Crippen molar-refractivity contribution in [3.63, 3.8) is 0 Å². The third-order valence-electron chi connectivity index (χ3n) is 2.80. The minimum atomic E-state index is 0.600. The van der Waals surface area contributed by atoms with Crippen LogP contribution >= 0.6 is 15.9 Å². The maximum atomic E-state index is 5.87. The first-order valence-electron chi connectivity index (χ1n) is 6.83. The molecule has 0 aliphatic carbocycles. The van der Waals surface area contributed by atoms with Gasteiger partial charge in [0.1, 0.15) is 12.4 Å². The van der Waals surface area contributed by atoms with Crippen LogP contribution in [0.3, 0.4) is 0 Å². The SMILES string of the molecule is CCCCOCCOc1c(C)cc(Br)cc1CNC. The van der Waals surface area contributed by atoms with Crippen LogP contribution in [0, 0.1) is 6.92 Å². The van der Waals surface area contributed by atoms with E-state index in [2.05, 4.69) is 47.2 Å². The molecule has 0 saturated heterocycles. The zero-order chi connectivity index (χ0) is 14.1. The van der Waals surface area contributed by atoms with E-state index in [9.17, 15) is 0 Å². The fourth-order valence-corrected chi connectivity index (χ4v) is 2.50. The van der Waals surface area contributed by atoms with Crippen LogP contribution < -0.4 is 10.1 Å². The number of nitrogens with one attached hydrogen (secondary N) is 1. The van der Waals surface area contributed by atoms with E-state index < -0.39 is 0 Å². The van der Waals surface area contributed by atoms with Crippen LogP contribution in [-0.2, 0) is 11.3 Å². The van der Waals surface area contributed by atoms with Gasteiger partial charge in [0.15, 0.2) is 0 Å². The Kier molecular flexibility index (Phi) is 8.10. The summed E-state index contributed by atoms with van der Waals surface area (Å²) < 4.78 is 12.5. The monoisotopic (exact) mass is 329 g/mol. The predicted molar refractivity (Wildman–Crippen MR) is 82.9 cm³/mol. The molecular formula is C15H24BrNO2. The van der Waals surface area contributed by atoms with Crippen molar-refractivity contribution < 1.29 is 9.47 Å². The van der Waals surface area contributed by atoms with Gasteiger partial charge >= 0.3 is 0 Å². The van der Waals surface area contributed by atoms with E-state index >= 15 is 0 Å². The number of aryl methyl sites for hydroxylation is 1. The summed E-state index contributed by atoms with van der Waals surface area (Å²) >= 11 is 3.52. The number of benzene rings is 1. The Morgan fingerprint density at radius 2 is 2.00 bits per heavy atom. The van der Waals surface area contributed by atoms with Crippen molar-refractivity contribution in [2.75, 3.05) is 26.9 Å². The van der Waals surface area contributed by atoms with Gasteiger partial charge in [-0.15, -0.1) is 0 Å². The van der Waals surface area contributed by atoms with Gasteiger partial charge in [-0.05, 0) is 38.1 Å². The molecule has 1 N–H and O–H groups in total. The van der Waals surface area contributed by atoms with Crippen LogP contribution in [0.15, 0.2) is 16.6 Å². The predicted octanol–water partition coefficient (Wildman–Crippen LogP) is 3.67. The van der Waals surface area contributed by atoms with E-state index in [0.717, 1.165) is 35.4 Å². The van der Waals surface area contributed by atoms with Crippen LogP contribution in [0.5, 0.6) is 5.75 Å². The van der Waals surface area contributed by atoms with Crippen molar-refractivity contribution >= 4 is 15.9 Å². The Morgan fingerprint density at radius 3 is 2.68 bits per heavy atom.